The van der Waals surface area contributed by atoms with Crippen molar-refractivity contribution in [3.63, 3.8) is 0 Å². The van der Waals surface area contributed by atoms with Crippen molar-refractivity contribution in [3.05, 3.63) is 17.0 Å². The third-order valence-electron chi connectivity index (χ3n) is 4.04. The summed E-state index contributed by atoms with van der Waals surface area (Å²) in [6.45, 7) is 12.8. The van der Waals surface area contributed by atoms with Crippen molar-refractivity contribution < 1.29 is 0 Å². The lowest BCUT2D eigenvalue weighted by molar-refractivity contribution is 0.169. The van der Waals surface area contributed by atoms with Gasteiger partial charge >= 0.3 is 0 Å². The zero-order valence-electron chi connectivity index (χ0n) is 13.3. The van der Waals surface area contributed by atoms with Crippen LogP contribution < -0.4 is 4.90 Å². The normalized spacial score (nSPS) is 25.1. The molecule has 1 fully saturated rings. The van der Waals surface area contributed by atoms with Crippen LogP contribution >= 0.6 is 11.6 Å². The average molecular weight is 297 g/mol. The molecule has 0 saturated carbocycles. The molecule has 1 saturated heterocycles. The number of nitrogens with zero attached hydrogens (tertiary/aromatic N) is 4. The van der Waals surface area contributed by atoms with E-state index in [4.69, 9.17) is 16.6 Å². The molecule has 0 bridgehead atoms. The minimum Gasteiger partial charge on any atom is -0.353 e. The van der Waals surface area contributed by atoms with Crippen molar-refractivity contribution in [1.82, 2.24) is 14.9 Å². The van der Waals surface area contributed by atoms with E-state index in [-0.39, 0.29) is 5.41 Å². The van der Waals surface area contributed by atoms with E-state index in [1.54, 1.807) is 0 Å². The molecule has 5 heteroatoms. The first-order valence-electron chi connectivity index (χ1n) is 7.20. The summed E-state index contributed by atoms with van der Waals surface area (Å²) >= 11 is 6.19. The Bertz CT molecular complexity index is 471. The predicted molar refractivity (Wildman–Crippen MR) is 84.6 cm³/mol. The lowest BCUT2D eigenvalue weighted by Gasteiger charge is -2.43. The summed E-state index contributed by atoms with van der Waals surface area (Å²) in [5.41, 5.74) is -0.0938. The molecule has 1 aliphatic rings. The van der Waals surface area contributed by atoms with Crippen LogP contribution in [0.2, 0.25) is 5.15 Å². The lowest BCUT2D eigenvalue weighted by Crippen LogP contribution is -2.55. The molecule has 0 spiro atoms. The van der Waals surface area contributed by atoms with Gasteiger partial charge in [0, 0.05) is 36.7 Å². The third kappa shape index (κ3) is 3.23. The highest BCUT2D eigenvalue weighted by Gasteiger charge is 2.28. The smallest absolute Gasteiger partial charge is 0.137 e. The van der Waals surface area contributed by atoms with Gasteiger partial charge in [-0.05, 0) is 20.9 Å². The first-order valence-corrected chi connectivity index (χ1v) is 7.58. The predicted octanol–water partition coefficient (Wildman–Crippen LogP) is 2.96. The van der Waals surface area contributed by atoms with E-state index in [1.165, 1.54) is 0 Å². The quantitative estimate of drug-likeness (QED) is 0.746. The molecule has 2 unspecified atom stereocenters. The highest BCUT2D eigenvalue weighted by atomic mass is 35.5. The molecule has 1 aromatic heterocycles. The maximum atomic E-state index is 6.19. The number of hydrogen-bond donors (Lipinski definition) is 0. The Hall–Kier alpha value is -0.870. The number of hydrogen-bond acceptors (Lipinski definition) is 4. The van der Waals surface area contributed by atoms with Crippen LogP contribution in [0.3, 0.4) is 0 Å². The number of anilines is 1. The second-order valence-electron chi connectivity index (χ2n) is 6.89. The number of rotatable bonds is 1. The molecule has 112 valence electrons. The lowest BCUT2D eigenvalue weighted by atomic mass is 9.96. The zero-order chi connectivity index (χ0) is 15.1. The molecular formula is C15H25ClN4. The number of halogens is 1. The Morgan fingerprint density at radius 3 is 2.20 bits per heavy atom. The van der Waals surface area contributed by atoms with Crippen LogP contribution in [0, 0.1) is 0 Å². The summed E-state index contributed by atoms with van der Waals surface area (Å²) in [5, 5.41) is 0.527. The van der Waals surface area contributed by atoms with Crippen molar-refractivity contribution in [2.75, 3.05) is 25.0 Å². The average Bonchev–Trinajstić information content (AvgIpc) is 2.33. The SMILES string of the molecule is CC1CN(c2cc(Cl)nc(C(C)(C)C)n2)CC(C)N1C. The highest BCUT2D eigenvalue weighted by Crippen LogP contribution is 2.26. The first kappa shape index (κ1) is 15.5. The van der Waals surface area contributed by atoms with E-state index in [9.17, 15) is 0 Å². The van der Waals surface area contributed by atoms with Gasteiger partial charge in [0.1, 0.15) is 16.8 Å². The highest BCUT2D eigenvalue weighted by molar-refractivity contribution is 6.29. The van der Waals surface area contributed by atoms with Crippen LogP contribution in [0.15, 0.2) is 6.07 Å². The second-order valence-corrected chi connectivity index (χ2v) is 7.28. The van der Waals surface area contributed by atoms with Crippen LogP contribution in [-0.4, -0.2) is 47.1 Å². The van der Waals surface area contributed by atoms with Crippen molar-refractivity contribution in [2.45, 2.75) is 52.1 Å². The van der Waals surface area contributed by atoms with Gasteiger partial charge in [-0.1, -0.05) is 32.4 Å². The van der Waals surface area contributed by atoms with Gasteiger partial charge < -0.3 is 4.90 Å². The zero-order valence-corrected chi connectivity index (χ0v) is 14.1. The molecule has 0 aliphatic carbocycles. The van der Waals surface area contributed by atoms with E-state index in [0.29, 0.717) is 17.2 Å². The Morgan fingerprint density at radius 1 is 1.15 bits per heavy atom. The number of piperazine rings is 1. The van der Waals surface area contributed by atoms with Crippen LogP contribution in [0.25, 0.3) is 0 Å². The Kier molecular flexibility index (Phi) is 4.26. The summed E-state index contributed by atoms with van der Waals surface area (Å²) < 4.78 is 0. The molecule has 0 aromatic carbocycles. The maximum absolute atomic E-state index is 6.19. The second kappa shape index (κ2) is 5.49. The molecular weight excluding hydrogens is 272 g/mol. The minimum absolute atomic E-state index is 0.0938. The third-order valence-corrected chi connectivity index (χ3v) is 4.23. The van der Waals surface area contributed by atoms with E-state index in [0.717, 1.165) is 24.7 Å². The monoisotopic (exact) mass is 296 g/mol. The summed E-state index contributed by atoms with van der Waals surface area (Å²) in [4.78, 5) is 13.8. The summed E-state index contributed by atoms with van der Waals surface area (Å²) in [6, 6.07) is 2.89. The van der Waals surface area contributed by atoms with Gasteiger partial charge in [0.15, 0.2) is 0 Å². The number of aromatic nitrogens is 2. The van der Waals surface area contributed by atoms with Crippen molar-refractivity contribution >= 4 is 17.4 Å². The molecule has 2 heterocycles. The standard InChI is InChI=1S/C15H25ClN4/c1-10-8-20(9-11(2)19(10)6)13-7-12(16)17-14(18-13)15(3,4)5/h7,10-11H,8-9H2,1-6H3. The summed E-state index contributed by atoms with van der Waals surface area (Å²) in [6.07, 6.45) is 0. The van der Waals surface area contributed by atoms with Crippen LogP contribution in [0.1, 0.15) is 40.4 Å². The van der Waals surface area contributed by atoms with Gasteiger partial charge in [-0.3, -0.25) is 4.90 Å². The largest absolute Gasteiger partial charge is 0.353 e. The molecule has 0 radical (unpaired) electrons. The van der Waals surface area contributed by atoms with E-state index in [2.05, 4.69) is 56.5 Å². The van der Waals surface area contributed by atoms with Crippen LogP contribution in [0.5, 0.6) is 0 Å². The van der Waals surface area contributed by atoms with Crippen LogP contribution in [0.4, 0.5) is 5.82 Å². The molecule has 4 nitrogen and oxygen atoms in total. The van der Waals surface area contributed by atoms with Gasteiger partial charge in [0.25, 0.3) is 0 Å². The molecule has 1 aliphatic heterocycles. The maximum Gasteiger partial charge on any atom is 0.137 e. The fraction of sp³-hybridized carbons (Fsp3) is 0.733. The molecule has 0 amide bonds. The van der Waals surface area contributed by atoms with E-state index < -0.39 is 0 Å². The molecule has 20 heavy (non-hydrogen) atoms. The Labute approximate surface area is 127 Å². The topological polar surface area (TPSA) is 32.3 Å². The Morgan fingerprint density at radius 2 is 1.70 bits per heavy atom. The fourth-order valence-electron chi connectivity index (χ4n) is 2.49. The van der Waals surface area contributed by atoms with Gasteiger partial charge in [0.2, 0.25) is 0 Å². The van der Waals surface area contributed by atoms with Crippen molar-refractivity contribution in [3.8, 4) is 0 Å². The minimum atomic E-state index is -0.0938. The van der Waals surface area contributed by atoms with Gasteiger partial charge in [0.05, 0.1) is 0 Å². The summed E-state index contributed by atoms with van der Waals surface area (Å²) in [5.74, 6) is 1.75. The summed E-state index contributed by atoms with van der Waals surface area (Å²) in [7, 11) is 2.18. The molecule has 2 atom stereocenters. The van der Waals surface area contributed by atoms with E-state index >= 15 is 0 Å². The fourth-order valence-corrected chi connectivity index (χ4v) is 2.67. The molecule has 0 N–H and O–H groups in total. The van der Waals surface area contributed by atoms with Crippen LogP contribution in [-0.2, 0) is 5.41 Å². The van der Waals surface area contributed by atoms with Crippen molar-refractivity contribution in [1.29, 1.82) is 0 Å². The molecule has 2 rings (SSSR count). The van der Waals surface area contributed by atoms with Gasteiger partial charge in [-0.2, -0.15) is 0 Å². The first-order chi connectivity index (χ1) is 9.18. The molecule has 1 aromatic rings. The van der Waals surface area contributed by atoms with E-state index in [1.807, 2.05) is 6.07 Å². The van der Waals surface area contributed by atoms with Crippen molar-refractivity contribution in [2.24, 2.45) is 0 Å². The Balaban J connectivity index is 2.31. The van der Waals surface area contributed by atoms with Gasteiger partial charge in [-0.25, -0.2) is 9.97 Å². The van der Waals surface area contributed by atoms with Gasteiger partial charge in [-0.15, -0.1) is 0 Å². The number of likely N-dealkylation sites (N-methyl/N-ethyl adjacent to an activating group) is 1.